The number of halogens is 2. The topological polar surface area (TPSA) is 27.7 Å². The lowest BCUT2D eigenvalue weighted by Crippen LogP contribution is -2.50. The molecule has 1 saturated heterocycles. The number of anilines is 2. The molecule has 1 aliphatic heterocycles. The number of piperazine rings is 1. The summed E-state index contributed by atoms with van der Waals surface area (Å²) < 4.78 is 19.2. The van der Waals surface area contributed by atoms with E-state index in [1.807, 2.05) is 11.0 Å². The smallest absolute Gasteiger partial charge is 0.173 e. The SMILES string of the molecule is COc1ccc(Cl)cc1NC(=S)N1CCN(c2ccccc2F)CC1. The quantitative estimate of drug-likeness (QED) is 0.813. The minimum absolute atomic E-state index is 0.194. The molecule has 2 aromatic rings. The first-order valence-corrected chi connectivity index (χ1v) is 8.76. The van der Waals surface area contributed by atoms with E-state index >= 15 is 0 Å². The van der Waals surface area contributed by atoms with Gasteiger partial charge >= 0.3 is 0 Å². The number of ether oxygens (including phenoxy) is 1. The van der Waals surface area contributed by atoms with Crippen molar-refractivity contribution in [3.63, 3.8) is 0 Å². The first kappa shape index (κ1) is 17.8. The number of nitrogens with zero attached hydrogens (tertiary/aromatic N) is 2. The van der Waals surface area contributed by atoms with Crippen LogP contribution in [0.1, 0.15) is 0 Å². The Balaban J connectivity index is 1.62. The predicted molar refractivity (Wildman–Crippen MR) is 104 cm³/mol. The normalized spacial score (nSPS) is 14.4. The van der Waals surface area contributed by atoms with Crippen LogP contribution in [0.5, 0.6) is 5.75 Å². The van der Waals surface area contributed by atoms with Crippen molar-refractivity contribution >= 4 is 40.3 Å². The lowest BCUT2D eigenvalue weighted by molar-refractivity contribution is 0.388. The highest BCUT2D eigenvalue weighted by molar-refractivity contribution is 7.80. The number of benzene rings is 2. The first-order valence-electron chi connectivity index (χ1n) is 7.97. The molecule has 0 spiro atoms. The van der Waals surface area contributed by atoms with Crippen molar-refractivity contribution in [1.82, 2.24) is 4.90 Å². The van der Waals surface area contributed by atoms with Crippen LogP contribution in [0.2, 0.25) is 5.02 Å². The van der Waals surface area contributed by atoms with Gasteiger partial charge < -0.3 is 19.9 Å². The summed E-state index contributed by atoms with van der Waals surface area (Å²) in [5.74, 6) is 0.483. The Bertz CT molecular complexity index is 766. The summed E-state index contributed by atoms with van der Waals surface area (Å²) >= 11 is 11.6. The van der Waals surface area contributed by atoms with Crippen LogP contribution in [0.3, 0.4) is 0 Å². The van der Waals surface area contributed by atoms with Gasteiger partial charge in [0.2, 0.25) is 0 Å². The van der Waals surface area contributed by atoms with Crippen LogP contribution in [-0.2, 0) is 0 Å². The fraction of sp³-hybridized carbons (Fsp3) is 0.278. The number of hydrogen-bond donors (Lipinski definition) is 1. The summed E-state index contributed by atoms with van der Waals surface area (Å²) in [5, 5.41) is 4.41. The lowest BCUT2D eigenvalue weighted by atomic mass is 10.2. The van der Waals surface area contributed by atoms with Crippen LogP contribution in [0.25, 0.3) is 0 Å². The molecule has 0 atom stereocenters. The molecule has 25 heavy (non-hydrogen) atoms. The summed E-state index contributed by atoms with van der Waals surface area (Å²) in [6.45, 7) is 2.83. The minimum atomic E-state index is -0.194. The second-order valence-corrected chi connectivity index (χ2v) is 6.52. The summed E-state index contributed by atoms with van der Waals surface area (Å²) in [4.78, 5) is 4.10. The molecule has 0 unspecified atom stereocenters. The third-order valence-electron chi connectivity index (χ3n) is 4.16. The zero-order valence-corrected chi connectivity index (χ0v) is 15.4. The van der Waals surface area contributed by atoms with Gasteiger partial charge in [0.25, 0.3) is 0 Å². The summed E-state index contributed by atoms with van der Waals surface area (Å²) in [6, 6.07) is 12.2. The highest BCUT2D eigenvalue weighted by Gasteiger charge is 2.21. The Hall–Kier alpha value is -2.05. The molecule has 0 amide bonds. The first-order chi connectivity index (χ1) is 12.1. The second kappa shape index (κ2) is 7.89. The molecule has 0 saturated carbocycles. The number of para-hydroxylation sites is 1. The van der Waals surface area contributed by atoms with Crippen LogP contribution in [0.4, 0.5) is 15.8 Å². The maximum atomic E-state index is 13.9. The zero-order valence-electron chi connectivity index (χ0n) is 13.8. The molecule has 1 heterocycles. The van der Waals surface area contributed by atoms with E-state index in [-0.39, 0.29) is 5.82 Å². The van der Waals surface area contributed by atoms with Crippen LogP contribution in [0.15, 0.2) is 42.5 Å². The fourth-order valence-corrected chi connectivity index (χ4v) is 3.30. The van der Waals surface area contributed by atoms with Gasteiger partial charge in [0.05, 0.1) is 18.5 Å². The molecular weight excluding hydrogens is 361 g/mol. The van der Waals surface area contributed by atoms with Crippen molar-refractivity contribution in [3.8, 4) is 5.75 Å². The average molecular weight is 380 g/mol. The molecule has 1 fully saturated rings. The van der Waals surface area contributed by atoms with E-state index in [1.165, 1.54) is 6.07 Å². The second-order valence-electron chi connectivity index (χ2n) is 5.70. The number of hydrogen-bond acceptors (Lipinski definition) is 3. The van der Waals surface area contributed by atoms with Gasteiger partial charge in [0.15, 0.2) is 5.11 Å². The van der Waals surface area contributed by atoms with E-state index in [2.05, 4.69) is 10.2 Å². The Morgan fingerprint density at radius 3 is 2.56 bits per heavy atom. The van der Waals surface area contributed by atoms with Crippen LogP contribution >= 0.6 is 23.8 Å². The number of nitrogens with one attached hydrogen (secondary N) is 1. The molecule has 132 valence electrons. The van der Waals surface area contributed by atoms with Crippen molar-refractivity contribution in [1.29, 1.82) is 0 Å². The molecule has 0 radical (unpaired) electrons. The van der Waals surface area contributed by atoms with Crippen molar-refractivity contribution in [2.24, 2.45) is 0 Å². The highest BCUT2D eigenvalue weighted by Crippen LogP contribution is 2.28. The van der Waals surface area contributed by atoms with E-state index in [1.54, 1.807) is 37.4 Å². The van der Waals surface area contributed by atoms with E-state index in [0.717, 1.165) is 5.69 Å². The third kappa shape index (κ3) is 4.14. The molecule has 1 N–H and O–H groups in total. The van der Waals surface area contributed by atoms with Gasteiger partial charge in [-0.2, -0.15) is 0 Å². The zero-order chi connectivity index (χ0) is 17.8. The molecule has 0 aliphatic carbocycles. The Morgan fingerprint density at radius 2 is 1.88 bits per heavy atom. The fourth-order valence-electron chi connectivity index (χ4n) is 2.83. The summed E-state index contributed by atoms with van der Waals surface area (Å²) in [6.07, 6.45) is 0. The van der Waals surface area contributed by atoms with E-state index < -0.39 is 0 Å². The van der Waals surface area contributed by atoms with Gasteiger partial charge in [-0.1, -0.05) is 23.7 Å². The van der Waals surface area contributed by atoms with Gasteiger partial charge in [-0.15, -0.1) is 0 Å². The van der Waals surface area contributed by atoms with Gasteiger partial charge in [-0.25, -0.2) is 4.39 Å². The molecule has 1 aliphatic rings. The third-order valence-corrected chi connectivity index (χ3v) is 4.76. The van der Waals surface area contributed by atoms with Crippen LogP contribution < -0.4 is 15.0 Å². The van der Waals surface area contributed by atoms with Gasteiger partial charge in [-0.05, 0) is 42.5 Å². The summed E-state index contributed by atoms with van der Waals surface area (Å²) in [7, 11) is 1.60. The van der Waals surface area contributed by atoms with Gasteiger partial charge in [0, 0.05) is 31.2 Å². The monoisotopic (exact) mass is 379 g/mol. The molecule has 2 aromatic carbocycles. The Labute approximate surface area is 157 Å². The van der Waals surface area contributed by atoms with Crippen LogP contribution in [-0.4, -0.2) is 43.3 Å². The van der Waals surface area contributed by atoms with Crippen molar-refractivity contribution in [2.45, 2.75) is 0 Å². The molecule has 4 nitrogen and oxygen atoms in total. The highest BCUT2D eigenvalue weighted by atomic mass is 35.5. The van der Waals surface area contributed by atoms with E-state index in [4.69, 9.17) is 28.6 Å². The van der Waals surface area contributed by atoms with Crippen molar-refractivity contribution < 1.29 is 9.13 Å². The predicted octanol–water partition coefficient (Wildman–Crippen LogP) is 4.01. The Kier molecular flexibility index (Phi) is 5.60. The van der Waals surface area contributed by atoms with E-state index in [0.29, 0.717) is 47.8 Å². The number of methoxy groups -OCH3 is 1. The average Bonchev–Trinajstić information content (AvgIpc) is 2.62. The largest absolute Gasteiger partial charge is 0.495 e. The maximum Gasteiger partial charge on any atom is 0.173 e. The maximum absolute atomic E-state index is 13.9. The molecule has 3 rings (SSSR count). The van der Waals surface area contributed by atoms with Gasteiger partial charge in [-0.3, -0.25) is 0 Å². The summed E-state index contributed by atoms with van der Waals surface area (Å²) in [5.41, 5.74) is 1.37. The van der Waals surface area contributed by atoms with E-state index in [9.17, 15) is 4.39 Å². The molecule has 0 aromatic heterocycles. The molecule has 0 bridgehead atoms. The van der Waals surface area contributed by atoms with Crippen molar-refractivity contribution in [3.05, 3.63) is 53.3 Å². The standard InChI is InChI=1S/C18H19ClFN3OS/c1-24-17-7-6-13(19)12-15(17)21-18(25)23-10-8-22(9-11-23)16-5-3-2-4-14(16)20/h2-7,12H,8-11H2,1H3,(H,21,25). The van der Waals surface area contributed by atoms with Crippen molar-refractivity contribution in [2.75, 3.05) is 43.5 Å². The lowest BCUT2D eigenvalue weighted by Gasteiger charge is -2.37. The number of rotatable bonds is 3. The Morgan fingerprint density at radius 1 is 1.16 bits per heavy atom. The van der Waals surface area contributed by atoms with Crippen LogP contribution in [0, 0.1) is 5.82 Å². The number of thiocarbonyl (C=S) groups is 1. The molecule has 7 heteroatoms. The molecular formula is C18H19ClFN3OS. The minimum Gasteiger partial charge on any atom is -0.495 e. The van der Waals surface area contributed by atoms with Gasteiger partial charge in [0.1, 0.15) is 11.6 Å².